The number of hydrogen-bond donors (Lipinski definition) is 5. The van der Waals surface area contributed by atoms with Crippen LogP contribution in [0.4, 0.5) is 0 Å². The third kappa shape index (κ3) is 50.9. The number of hydrogen-bond acceptors (Lipinski definition) is 7. The zero-order valence-corrected chi connectivity index (χ0v) is 31.0. The van der Waals surface area contributed by atoms with Crippen LogP contribution in [0.3, 0.4) is 0 Å². The molecular weight excluding hydrogens is 558 g/mol. The Morgan fingerprint density at radius 3 is 1.73 bits per heavy atom. The van der Waals surface area contributed by atoms with Crippen LogP contribution in [0.25, 0.3) is 0 Å². The molecule has 0 aliphatic rings. The van der Waals surface area contributed by atoms with Crippen molar-refractivity contribution in [1.29, 1.82) is 0 Å². The van der Waals surface area contributed by atoms with E-state index in [1.165, 1.54) is 37.3 Å². The van der Waals surface area contributed by atoms with Crippen molar-refractivity contribution in [2.75, 3.05) is 55.5 Å². The fraction of sp³-hybridized carbons (Fsp3) is 0.553. The highest BCUT2D eigenvalue weighted by Gasteiger charge is 2.08. The van der Waals surface area contributed by atoms with Crippen LogP contribution in [0, 0.1) is 18.8 Å². The lowest BCUT2D eigenvalue weighted by Crippen LogP contribution is -2.36. The number of benzene rings is 1. The van der Waals surface area contributed by atoms with Crippen molar-refractivity contribution in [2.24, 2.45) is 11.8 Å². The van der Waals surface area contributed by atoms with Gasteiger partial charge in [0, 0.05) is 32.8 Å². The van der Waals surface area contributed by atoms with Crippen LogP contribution in [-0.4, -0.2) is 73.9 Å². The molecule has 45 heavy (non-hydrogen) atoms. The average molecular weight is 632 g/mol. The van der Waals surface area contributed by atoms with E-state index < -0.39 is 0 Å². The molecule has 0 saturated heterocycles. The molecule has 0 radical (unpaired) electrons. The first-order chi connectivity index (χ1) is 21.5. The molecule has 0 bridgehead atoms. The van der Waals surface area contributed by atoms with Crippen molar-refractivity contribution in [3.63, 3.8) is 0 Å². The first kappa shape index (κ1) is 51.6. The molecule has 0 saturated carbocycles. The van der Waals surface area contributed by atoms with Crippen molar-refractivity contribution < 1.29 is 9.53 Å². The number of aldehydes is 1. The molecule has 0 aromatic heterocycles. The summed E-state index contributed by atoms with van der Waals surface area (Å²) in [7, 11) is 10.9. The number of ether oxygens (including phenoxy) is 1. The molecule has 2 unspecified atom stereocenters. The van der Waals surface area contributed by atoms with Gasteiger partial charge in [-0.15, -0.1) is 19.7 Å². The summed E-state index contributed by atoms with van der Waals surface area (Å²) in [4.78, 5) is 9.93. The molecular formula is C38H73N5O2. The van der Waals surface area contributed by atoms with E-state index >= 15 is 0 Å². The van der Waals surface area contributed by atoms with Crippen LogP contribution in [0.15, 0.2) is 92.8 Å². The normalized spacial score (nSPS) is 10.7. The van der Waals surface area contributed by atoms with E-state index in [1.807, 2.05) is 64.6 Å². The first-order valence-electron chi connectivity index (χ1n) is 16.0. The van der Waals surface area contributed by atoms with Gasteiger partial charge in [-0.1, -0.05) is 101 Å². The highest BCUT2D eigenvalue weighted by atomic mass is 16.4. The van der Waals surface area contributed by atoms with Gasteiger partial charge in [0.05, 0.1) is 5.82 Å². The van der Waals surface area contributed by atoms with Gasteiger partial charge in [0.25, 0.3) is 0 Å². The second-order valence-electron chi connectivity index (χ2n) is 10.7. The van der Waals surface area contributed by atoms with Gasteiger partial charge >= 0.3 is 0 Å². The monoisotopic (exact) mass is 632 g/mol. The van der Waals surface area contributed by atoms with E-state index in [2.05, 4.69) is 104 Å². The molecule has 0 amide bonds. The molecule has 7 nitrogen and oxygen atoms in total. The molecule has 1 rings (SSSR count). The van der Waals surface area contributed by atoms with Crippen molar-refractivity contribution >= 4 is 6.29 Å². The van der Waals surface area contributed by atoms with Crippen LogP contribution >= 0.6 is 0 Å². The van der Waals surface area contributed by atoms with E-state index in [4.69, 9.17) is 0 Å². The predicted molar refractivity (Wildman–Crippen MR) is 204 cm³/mol. The van der Waals surface area contributed by atoms with Crippen LogP contribution in [0.1, 0.15) is 58.9 Å². The zero-order chi connectivity index (χ0) is 35.7. The number of carbonyl (C=O) groups is 1. The minimum absolute atomic E-state index is 0.268. The highest BCUT2D eigenvalue weighted by molar-refractivity contribution is 5.64. The smallest absolute Gasteiger partial charge is 0.142 e. The second kappa shape index (κ2) is 45.5. The average Bonchev–Trinajstić information content (AvgIpc) is 3.01. The topological polar surface area (TPSA) is 86.5 Å². The number of unbranched alkanes of at least 4 members (excludes halogenated alkanes) is 3. The maximum absolute atomic E-state index is 9.93. The lowest BCUT2D eigenvalue weighted by molar-refractivity contribution is -0.104. The van der Waals surface area contributed by atoms with Gasteiger partial charge in [-0.2, -0.15) is 0 Å². The number of methoxy groups -OCH3 is 1. The summed E-state index contributed by atoms with van der Waals surface area (Å²) >= 11 is 0. The first-order valence-corrected chi connectivity index (χ1v) is 16.0. The van der Waals surface area contributed by atoms with Gasteiger partial charge in [0.15, 0.2) is 0 Å². The summed E-state index contributed by atoms with van der Waals surface area (Å²) in [5, 5.41) is 15.3. The molecule has 1 aromatic carbocycles. The number of allylic oxidation sites excluding steroid dienone is 2. The molecule has 0 aliphatic heterocycles. The summed E-state index contributed by atoms with van der Waals surface area (Å²) in [5.74, 6) is 1.86. The summed E-state index contributed by atoms with van der Waals surface area (Å²) in [6.07, 6.45) is 15.0. The largest absolute Gasteiger partial charge is 0.388 e. The second-order valence-corrected chi connectivity index (χ2v) is 10.7. The Labute approximate surface area is 280 Å². The number of likely N-dealkylation sites (N-methyl/N-ethyl adjacent to an activating group) is 1. The molecule has 0 aliphatic carbocycles. The molecule has 0 heterocycles. The Hall–Kier alpha value is -2.97. The number of nitrogens with one attached hydrogen (secondary N) is 5. The summed E-state index contributed by atoms with van der Waals surface area (Å²) in [6, 6.07) is 10.8. The Morgan fingerprint density at radius 1 is 0.867 bits per heavy atom. The molecule has 262 valence electrons. The van der Waals surface area contributed by atoms with Crippen molar-refractivity contribution in [3.8, 4) is 0 Å². The molecule has 0 fully saturated rings. The Balaban J connectivity index is -0.000000151. The van der Waals surface area contributed by atoms with E-state index in [1.54, 1.807) is 20.3 Å². The van der Waals surface area contributed by atoms with Gasteiger partial charge < -0.3 is 31.3 Å². The van der Waals surface area contributed by atoms with Crippen LogP contribution in [0.2, 0.25) is 0 Å². The number of rotatable bonds is 17. The molecule has 0 spiro atoms. The van der Waals surface area contributed by atoms with E-state index in [-0.39, 0.29) is 6.04 Å². The summed E-state index contributed by atoms with van der Waals surface area (Å²) < 4.78 is 4.25. The fourth-order valence-electron chi connectivity index (χ4n) is 3.06. The van der Waals surface area contributed by atoms with Gasteiger partial charge in [-0.25, -0.2) is 0 Å². The molecule has 5 N–H and O–H groups in total. The third-order valence-electron chi connectivity index (χ3n) is 5.50. The summed E-state index contributed by atoms with van der Waals surface area (Å²) in [5.41, 5.74) is 1.32. The van der Waals surface area contributed by atoms with Crippen molar-refractivity contribution in [2.45, 2.75) is 72.4 Å². The maximum Gasteiger partial charge on any atom is 0.142 e. The summed E-state index contributed by atoms with van der Waals surface area (Å²) in [6.45, 7) is 27.3. The Bertz CT molecular complexity index is 778. The van der Waals surface area contributed by atoms with Crippen LogP contribution in [-0.2, 0) is 9.53 Å². The van der Waals surface area contributed by atoms with Crippen LogP contribution < -0.4 is 26.6 Å². The van der Waals surface area contributed by atoms with E-state index in [9.17, 15) is 4.79 Å². The number of carbonyl (C=O) groups excluding carboxylic acids is 1. The van der Waals surface area contributed by atoms with Gasteiger partial charge in [-0.3, -0.25) is 4.79 Å². The van der Waals surface area contributed by atoms with Gasteiger partial charge in [0.1, 0.15) is 6.29 Å². The van der Waals surface area contributed by atoms with Crippen LogP contribution in [0.5, 0.6) is 0 Å². The minimum atomic E-state index is 0.268. The molecule has 7 heteroatoms. The maximum atomic E-state index is 9.93. The number of aryl methyl sites for hydroxylation is 1. The fourth-order valence-corrected chi connectivity index (χ4v) is 3.06. The lowest BCUT2D eigenvalue weighted by atomic mass is 10.0. The quantitative estimate of drug-likeness (QED) is 0.0545. The highest BCUT2D eigenvalue weighted by Crippen LogP contribution is 2.03. The Kier molecular flexibility index (Phi) is 52.1. The van der Waals surface area contributed by atoms with E-state index in [0.29, 0.717) is 17.9 Å². The molecule has 2 atom stereocenters. The van der Waals surface area contributed by atoms with Crippen molar-refractivity contribution in [3.05, 3.63) is 98.4 Å². The van der Waals surface area contributed by atoms with Gasteiger partial charge in [-0.05, 0) is 78.8 Å². The Morgan fingerprint density at radius 2 is 1.40 bits per heavy atom. The standard InChI is InChI=1S/C11H20N2.C8H15NO.C8H17N.C7H8.C2H7N.C2H6O/c1-6-8-12-10(5)13-11(7-2)9(3)4;1-7(2)8(9-3)5-4-6-10;1-3-4-5-6-7-8-9-2;1-7-5-3-2-4-6-7;2*1-3-2/h6-7,9,11-13H,1-2,5,8H2,3-4H3;4-9H,1-3H3;3,9H,1,4-8H2,2H3;2-6H,1H3;3H,1-2H3;1-2H3/b;5-4+;;;;. The minimum Gasteiger partial charge on any atom is -0.388 e. The third-order valence-corrected chi connectivity index (χ3v) is 5.50. The van der Waals surface area contributed by atoms with Crippen molar-refractivity contribution in [1.82, 2.24) is 26.6 Å². The molecule has 1 aromatic rings. The van der Waals surface area contributed by atoms with E-state index in [0.717, 1.165) is 25.2 Å². The lowest BCUT2D eigenvalue weighted by Gasteiger charge is -2.21. The van der Waals surface area contributed by atoms with Gasteiger partial charge in [0.2, 0.25) is 0 Å². The SMILES string of the molecule is C=CCCCCCNC.C=CCNC(=C)NC(C=C)C(C)C.CNC.CNC(/C=C/C=O)C(C)C.COC.Cc1ccccc1. The predicted octanol–water partition coefficient (Wildman–Crippen LogP) is 7.06. The zero-order valence-electron chi connectivity index (χ0n) is 31.0.